The zero-order valence-corrected chi connectivity index (χ0v) is 11.1. The lowest BCUT2D eigenvalue weighted by Gasteiger charge is -2.27. The summed E-state index contributed by atoms with van der Waals surface area (Å²) in [4.78, 5) is 3.24. The number of aromatic nitrogens is 1. The number of aromatic amines is 1. The van der Waals surface area contributed by atoms with Gasteiger partial charge in [-0.15, -0.1) is 0 Å². The second kappa shape index (κ2) is 5.15. The molecule has 1 aromatic carbocycles. The molecule has 1 saturated carbocycles. The Kier molecular flexibility index (Phi) is 3.37. The molecule has 2 nitrogen and oxygen atoms in total. The molecule has 0 amide bonds. The molecule has 0 bridgehead atoms. The van der Waals surface area contributed by atoms with Gasteiger partial charge in [0.1, 0.15) is 0 Å². The van der Waals surface area contributed by atoms with Crippen molar-refractivity contribution in [1.82, 2.24) is 10.3 Å². The Bertz CT molecular complexity index is 507. The number of hydrogen-bond acceptors (Lipinski definition) is 1. The van der Waals surface area contributed by atoms with Gasteiger partial charge in [0.05, 0.1) is 0 Å². The molecule has 0 spiro atoms. The third-order valence-corrected chi connectivity index (χ3v) is 4.23. The number of nitrogens with one attached hydrogen (secondary N) is 2. The van der Waals surface area contributed by atoms with Gasteiger partial charge >= 0.3 is 0 Å². The highest BCUT2D eigenvalue weighted by molar-refractivity contribution is 5.79. The minimum Gasteiger partial charge on any atom is -0.361 e. The van der Waals surface area contributed by atoms with E-state index in [0.717, 1.165) is 18.5 Å². The van der Waals surface area contributed by atoms with Crippen LogP contribution < -0.4 is 5.32 Å². The van der Waals surface area contributed by atoms with Gasteiger partial charge in [-0.25, -0.2) is 0 Å². The fourth-order valence-corrected chi connectivity index (χ4v) is 2.94. The van der Waals surface area contributed by atoms with Crippen LogP contribution in [-0.2, 0) is 6.54 Å². The first-order chi connectivity index (χ1) is 8.81. The predicted octanol–water partition coefficient (Wildman–Crippen LogP) is 3.84. The van der Waals surface area contributed by atoms with E-state index < -0.39 is 0 Å². The van der Waals surface area contributed by atoms with Gasteiger partial charge in [-0.3, -0.25) is 0 Å². The normalized spacial score (nSPS) is 24.5. The van der Waals surface area contributed by atoms with Crippen molar-refractivity contribution in [1.29, 1.82) is 0 Å². The Labute approximate surface area is 109 Å². The largest absolute Gasteiger partial charge is 0.361 e. The van der Waals surface area contributed by atoms with Crippen molar-refractivity contribution in [2.75, 3.05) is 0 Å². The summed E-state index contributed by atoms with van der Waals surface area (Å²) in [6.45, 7) is 3.37. The minimum absolute atomic E-state index is 0.725. The SMILES string of the molecule is CC1CCC(NCc2ccc3[nH]ccc3c2)CC1. The van der Waals surface area contributed by atoms with Crippen molar-refractivity contribution in [2.45, 2.75) is 45.2 Å². The molecule has 2 N–H and O–H groups in total. The van der Waals surface area contributed by atoms with Crippen LogP contribution in [0, 0.1) is 5.92 Å². The van der Waals surface area contributed by atoms with E-state index in [1.165, 1.54) is 42.1 Å². The molecular formula is C16H22N2. The maximum atomic E-state index is 3.71. The molecule has 1 aliphatic rings. The van der Waals surface area contributed by atoms with E-state index >= 15 is 0 Å². The van der Waals surface area contributed by atoms with Gasteiger partial charge in [-0.1, -0.05) is 13.0 Å². The predicted molar refractivity (Wildman–Crippen MR) is 76.6 cm³/mol. The molecule has 0 unspecified atom stereocenters. The summed E-state index contributed by atoms with van der Waals surface area (Å²) < 4.78 is 0. The molecule has 3 rings (SSSR count). The Morgan fingerprint density at radius 1 is 1.17 bits per heavy atom. The maximum Gasteiger partial charge on any atom is 0.0454 e. The van der Waals surface area contributed by atoms with Crippen molar-refractivity contribution in [3.8, 4) is 0 Å². The van der Waals surface area contributed by atoms with Gasteiger partial charge in [0.2, 0.25) is 0 Å². The van der Waals surface area contributed by atoms with Crippen LogP contribution in [0.1, 0.15) is 38.2 Å². The Balaban J connectivity index is 1.59. The van der Waals surface area contributed by atoms with E-state index in [2.05, 4.69) is 41.5 Å². The number of benzene rings is 1. The molecular weight excluding hydrogens is 220 g/mol. The van der Waals surface area contributed by atoms with Crippen LogP contribution in [0.5, 0.6) is 0 Å². The van der Waals surface area contributed by atoms with Crippen molar-refractivity contribution in [3.05, 3.63) is 36.0 Å². The lowest BCUT2D eigenvalue weighted by Crippen LogP contribution is -2.32. The Hall–Kier alpha value is -1.28. The molecule has 2 heteroatoms. The van der Waals surface area contributed by atoms with E-state index in [1.807, 2.05) is 6.20 Å². The zero-order chi connectivity index (χ0) is 12.4. The molecule has 0 aliphatic heterocycles. The molecule has 18 heavy (non-hydrogen) atoms. The molecule has 2 aromatic rings. The number of hydrogen-bond donors (Lipinski definition) is 2. The number of rotatable bonds is 3. The van der Waals surface area contributed by atoms with Crippen LogP contribution in [0.2, 0.25) is 0 Å². The average molecular weight is 242 g/mol. The fourth-order valence-electron chi connectivity index (χ4n) is 2.94. The fraction of sp³-hybridized carbons (Fsp3) is 0.500. The standard InChI is InChI=1S/C16H22N2/c1-12-2-5-15(6-3-12)18-11-13-4-7-16-14(10-13)8-9-17-16/h4,7-10,12,15,17-18H,2-3,5-6,11H2,1H3. The third kappa shape index (κ3) is 2.59. The summed E-state index contributed by atoms with van der Waals surface area (Å²) in [5.41, 5.74) is 2.62. The van der Waals surface area contributed by atoms with E-state index in [4.69, 9.17) is 0 Å². The van der Waals surface area contributed by atoms with Crippen molar-refractivity contribution < 1.29 is 0 Å². The Morgan fingerprint density at radius 3 is 2.83 bits per heavy atom. The quantitative estimate of drug-likeness (QED) is 0.841. The summed E-state index contributed by atoms with van der Waals surface area (Å²) in [6, 6.07) is 9.54. The smallest absolute Gasteiger partial charge is 0.0454 e. The van der Waals surface area contributed by atoms with E-state index in [9.17, 15) is 0 Å². The van der Waals surface area contributed by atoms with Gasteiger partial charge in [0.15, 0.2) is 0 Å². The first kappa shape index (κ1) is 11.8. The molecule has 0 saturated heterocycles. The van der Waals surface area contributed by atoms with Crippen molar-refractivity contribution in [3.63, 3.8) is 0 Å². The number of fused-ring (bicyclic) bond motifs is 1. The molecule has 1 aliphatic carbocycles. The summed E-state index contributed by atoms with van der Waals surface area (Å²) >= 11 is 0. The van der Waals surface area contributed by atoms with E-state index in [0.29, 0.717) is 0 Å². The van der Waals surface area contributed by atoms with Crippen LogP contribution in [0.25, 0.3) is 10.9 Å². The highest BCUT2D eigenvalue weighted by atomic mass is 14.9. The summed E-state index contributed by atoms with van der Waals surface area (Å²) in [5.74, 6) is 0.930. The molecule has 1 heterocycles. The maximum absolute atomic E-state index is 3.71. The van der Waals surface area contributed by atoms with Crippen LogP contribution >= 0.6 is 0 Å². The molecule has 1 aromatic heterocycles. The average Bonchev–Trinajstić information content (AvgIpc) is 2.85. The molecule has 96 valence electrons. The van der Waals surface area contributed by atoms with Gasteiger partial charge in [-0.05, 0) is 60.7 Å². The van der Waals surface area contributed by atoms with Gasteiger partial charge in [-0.2, -0.15) is 0 Å². The summed E-state index contributed by atoms with van der Waals surface area (Å²) in [5, 5.41) is 5.02. The van der Waals surface area contributed by atoms with Crippen molar-refractivity contribution >= 4 is 10.9 Å². The van der Waals surface area contributed by atoms with Crippen molar-refractivity contribution in [2.24, 2.45) is 5.92 Å². The number of H-pyrrole nitrogens is 1. The second-order valence-corrected chi connectivity index (χ2v) is 5.74. The van der Waals surface area contributed by atoms with Gasteiger partial charge in [0, 0.05) is 24.3 Å². The Morgan fingerprint density at radius 2 is 2.00 bits per heavy atom. The first-order valence-corrected chi connectivity index (χ1v) is 7.10. The van der Waals surface area contributed by atoms with Crippen LogP contribution in [0.15, 0.2) is 30.5 Å². The van der Waals surface area contributed by atoms with Gasteiger partial charge < -0.3 is 10.3 Å². The zero-order valence-electron chi connectivity index (χ0n) is 11.1. The monoisotopic (exact) mass is 242 g/mol. The summed E-state index contributed by atoms with van der Waals surface area (Å²) in [6.07, 6.45) is 7.45. The van der Waals surface area contributed by atoms with Crippen LogP contribution in [0.3, 0.4) is 0 Å². The summed E-state index contributed by atoms with van der Waals surface area (Å²) in [7, 11) is 0. The van der Waals surface area contributed by atoms with E-state index in [-0.39, 0.29) is 0 Å². The van der Waals surface area contributed by atoms with Crippen LogP contribution in [-0.4, -0.2) is 11.0 Å². The van der Waals surface area contributed by atoms with Gasteiger partial charge in [0.25, 0.3) is 0 Å². The second-order valence-electron chi connectivity index (χ2n) is 5.74. The van der Waals surface area contributed by atoms with E-state index in [1.54, 1.807) is 0 Å². The highest BCUT2D eigenvalue weighted by Crippen LogP contribution is 2.23. The third-order valence-electron chi connectivity index (χ3n) is 4.23. The minimum atomic E-state index is 0.725. The molecule has 0 atom stereocenters. The molecule has 0 radical (unpaired) electrons. The van der Waals surface area contributed by atoms with Crippen LogP contribution in [0.4, 0.5) is 0 Å². The highest BCUT2D eigenvalue weighted by Gasteiger charge is 2.17. The first-order valence-electron chi connectivity index (χ1n) is 7.10. The molecule has 1 fully saturated rings. The topological polar surface area (TPSA) is 27.8 Å². The lowest BCUT2D eigenvalue weighted by molar-refractivity contribution is 0.306. The lowest BCUT2D eigenvalue weighted by atomic mass is 9.87.